The van der Waals surface area contributed by atoms with E-state index >= 15 is 0 Å². The number of hydrogen-bond donors (Lipinski definition) is 1. The van der Waals surface area contributed by atoms with E-state index in [0.717, 1.165) is 5.56 Å². The van der Waals surface area contributed by atoms with Crippen molar-refractivity contribution in [2.75, 3.05) is 0 Å². The molecule has 64 valence electrons. The summed E-state index contributed by atoms with van der Waals surface area (Å²) in [6.45, 7) is 0. The van der Waals surface area contributed by atoms with Gasteiger partial charge < -0.3 is 5.21 Å². The van der Waals surface area contributed by atoms with Crippen molar-refractivity contribution in [3.63, 3.8) is 0 Å². The minimum atomic E-state index is -0.808. The molecule has 0 atom stereocenters. The third-order valence-electron chi connectivity index (χ3n) is 1.38. The van der Waals surface area contributed by atoms with Gasteiger partial charge in [0.2, 0.25) is 0 Å². The van der Waals surface area contributed by atoms with Crippen LogP contribution in [0.4, 0.5) is 0 Å². The molecule has 0 fully saturated rings. The van der Waals surface area contributed by atoms with Crippen LogP contribution in [0.3, 0.4) is 0 Å². The van der Waals surface area contributed by atoms with Gasteiger partial charge in [-0.15, -0.1) is 0 Å². The minimum Gasteiger partial charge on any atom is -0.411 e. The van der Waals surface area contributed by atoms with Crippen LogP contribution in [0.25, 0.3) is 0 Å². The molecular weight excluding hydrogens is 197 g/mol. The van der Waals surface area contributed by atoms with Crippen molar-refractivity contribution in [3.05, 3.63) is 35.9 Å². The molecule has 0 aliphatic rings. The zero-order valence-corrected chi connectivity index (χ0v) is 7.63. The highest BCUT2D eigenvalue weighted by atomic mass is 35.5. The molecule has 0 amide bonds. The Kier molecular flexibility index (Phi) is 3.38. The number of hydrogen-bond acceptors (Lipinski definition) is 2. The highest BCUT2D eigenvalue weighted by Crippen LogP contribution is 2.12. The lowest BCUT2D eigenvalue weighted by molar-refractivity contribution is 0.319. The van der Waals surface area contributed by atoms with E-state index in [0.29, 0.717) is 0 Å². The number of rotatable bonds is 2. The second kappa shape index (κ2) is 4.33. The van der Waals surface area contributed by atoms with Crippen LogP contribution in [0, 0.1) is 0 Å². The molecule has 0 spiro atoms. The maximum atomic E-state index is 8.57. The summed E-state index contributed by atoms with van der Waals surface area (Å²) in [6.07, 6.45) is 0. The summed E-state index contributed by atoms with van der Waals surface area (Å²) in [5.74, 6) is 0. The van der Waals surface area contributed by atoms with Gasteiger partial charge in [-0.1, -0.05) is 58.7 Å². The Morgan fingerprint density at radius 3 is 2.25 bits per heavy atom. The van der Waals surface area contributed by atoms with E-state index in [1.54, 1.807) is 12.1 Å². The SMILES string of the molecule is O/N=C(\c1ccccc1)C(Cl)Cl. The first kappa shape index (κ1) is 9.36. The normalized spacial score (nSPS) is 12.1. The van der Waals surface area contributed by atoms with E-state index in [1.165, 1.54) is 0 Å². The Balaban J connectivity index is 2.97. The fourth-order valence-corrected chi connectivity index (χ4v) is 1.18. The molecule has 0 aliphatic heterocycles. The predicted octanol–water partition coefficient (Wildman–Crippen LogP) is 2.67. The number of alkyl halides is 2. The predicted molar refractivity (Wildman–Crippen MR) is 50.3 cm³/mol. The zero-order valence-electron chi connectivity index (χ0n) is 6.11. The van der Waals surface area contributed by atoms with E-state index in [-0.39, 0.29) is 5.71 Å². The van der Waals surface area contributed by atoms with Gasteiger partial charge in [0.05, 0.1) is 0 Å². The van der Waals surface area contributed by atoms with E-state index in [1.807, 2.05) is 18.2 Å². The fraction of sp³-hybridized carbons (Fsp3) is 0.125. The quantitative estimate of drug-likeness (QED) is 0.341. The van der Waals surface area contributed by atoms with E-state index in [2.05, 4.69) is 5.16 Å². The van der Waals surface area contributed by atoms with Gasteiger partial charge in [-0.05, 0) is 0 Å². The highest BCUT2D eigenvalue weighted by Gasteiger charge is 2.11. The van der Waals surface area contributed by atoms with Crippen LogP contribution in [0.2, 0.25) is 0 Å². The van der Waals surface area contributed by atoms with Crippen molar-refractivity contribution >= 4 is 28.9 Å². The van der Waals surface area contributed by atoms with Crippen molar-refractivity contribution in [1.82, 2.24) is 0 Å². The molecule has 4 heteroatoms. The van der Waals surface area contributed by atoms with Gasteiger partial charge in [0.25, 0.3) is 0 Å². The molecule has 0 radical (unpaired) electrons. The Morgan fingerprint density at radius 2 is 1.83 bits per heavy atom. The number of oxime groups is 1. The Hall–Kier alpha value is -0.730. The lowest BCUT2D eigenvalue weighted by atomic mass is 10.1. The van der Waals surface area contributed by atoms with Crippen molar-refractivity contribution in [3.8, 4) is 0 Å². The molecule has 1 rings (SSSR count). The van der Waals surface area contributed by atoms with Gasteiger partial charge in [0.1, 0.15) is 5.71 Å². The second-order valence-electron chi connectivity index (χ2n) is 2.15. The lowest BCUT2D eigenvalue weighted by Gasteiger charge is -2.03. The first-order valence-corrected chi connectivity index (χ1v) is 4.18. The van der Waals surface area contributed by atoms with Gasteiger partial charge >= 0.3 is 0 Å². The molecule has 12 heavy (non-hydrogen) atoms. The Labute approximate surface area is 80.4 Å². The monoisotopic (exact) mass is 203 g/mol. The minimum absolute atomic E-state index is 0.263. The van der Waals surface area contributed by atoms with Gasteiger partial charge in [0.15, 0.2) is 4.84 Å². The first-order valence-electron chi connectivity index (χ1n) is 3.31. The summed E-state index contributed by atoms with van der Waals surface area (Å²) >= 11 is 11.1. The summed E-state index contributed by atoms with van der Waals surface area (Å²) in [7, 11) is 0. The average molecular weight is 204 g/mol. The number of halogens is 2. The largest absolute Gasteiger partial charge is 0.411 e. The van der Waals surface area contributed by atoms with Crippen LogP contribution < -0.4 is 0 Å². The molecule has 0 aromatic heterocycles. The molecule has 1 aromatic rings. The van der Waals surface area contributed by atoms with E-state index < -0.39 is 4.84 Å². The zero-order chi connectivity index (χ0) is 8.97. The van der Waals surface area contributed by atoms with Crippen LogP contribution >= 0.6 is 23.2 Å². The van der Waals surface area contributed by atoms with Gasteiger partial charge in [-0.25, -0.2) is 0 Å². The molecule has 0 saturated carbocycles. The van der Waals surface area contributed by atoms with Crippen molar-refractivity contribution < 1.29 is 5.21 Å². The Morgan fingerprint density at radius 1 is 1.25 bits per heavy atom. The summed E-state index contributed by atoms with van der Waals surface area (Å²) in [5, 5.41) is 11.6. The fourth-order valence-electron chi connectivity index (χ4n) is 0.836. The summed E-state index contributed by atoms with van der Waals surface area (Å²) in [5.41, 5.74) is 0.980. The van der Waals surface area contributed by atoms with Crippen LogP contribution in [0.15, 0.2) is 35.5 Å². The molecule has 0 bridgehead atoms. The maximum absolute atomic E-state index is 8.57. The van der Waals surface area contributed by atoms with E-state index in [4.69, 9.17) is 28.4 Å². The smallest absolute Gasteiger partial charge is 0.153 e. The third kappa shape index (κ3) is 2.13. The topological polar surface area (TPSA) is 32.6 Å². The van der Waals surface area contributed by atoms with Crippen LogP contribution in [0.5, 0.6) is 0 Å². The highest BCUT2D eigenvalue weighted by molar-refractivity contribution is 6.56. The van der Waals surface area contributed by atoms with Crippen LogP contribution in [-0.4, -0.2) is 15.8 Å². The van der Waals surface area contributed by atoms with Crippen LogP contribution in [0.1, 0.15) is 5.56 Å². The third-order valence-corrected chi connectivity index (χ3v) is 1.80. The molecule has 0 heterocycles. The maximum Gasteiger partial charge on any atom is 0.153 e. The van der Waals surface area contributed by atoms with Gasteiger partial charge in [0, 0.05) is 5.56 Å². The molecule has 1 N–H and O–H groups in total. The summed E-state index contributed by atoms with van der Waals surface area (Å²) in [4.78, 5) is -0.808. The number of benzene rings is 1. The van der Waals surface area contributed by atoms with Crippen LogP contribution in [-0.2, 0) is 0 Å². The van der Waals surface area contributed by atoms with Crippen molar-refractivity contribution in [2.24, 2.45) is 5.16 Å². The molecule has 2 nitrogen and oxygen atoms in total. The average Bonchev–Trinajstić information content (AvgIpc) is 2.07. The Bertz CT molecular complexity index is 272. The number of nitrogens with zero attached hydrogens (tertiary/aromatic N) is 1. The molecule has 0 unspecified atom stereocenters. The van der Waals surface area contributed by atoms with Crippen molar-refractivity contribution in [1.29, 1.82) is 0 Å². The second-order valence-corrected chi connectivity index (χ2v) is 3.25. The van der Waals surface area contributed by atoms with Crippen molar-refractivity contribution in [2.45, 2.75) is 4.84 Å². The molecule has 1 aromatic carbocycles. The standard InChI is InChI=1S/C8H7Cl2NO/c9-8(10)7(11-12)6-4-2-1-3-5-6/h1-5,8,12H/b11-7+. The molecule has 0 aliphatic carbocycles. The molecular formula is C8H7Cl2NO. The summed E-state index contributed by atoms with van der Waals surface area (Å²) < 4.78 is 0. The van der Waals surface area contributed by atoms with Gasteiger partial charge in [-0.2, -0.15) is 0 Å². The molecule has 0 saturated heterocycles. The summed E-state index contributed by atoms with van der Waals surface area (Å²) in [6, 6.07) is 9.03. The first-order chi connectivity index (χ1) is 5.75. The lowest BCUT2D eigenvalue weighted by Crippen LogP contribution is -2.09. The van der Waals surface area contributed by atoms with Gasteiger partial charge in [-0.3, -0.25) is 0 Å². The van der Waals surface area contributed by atoms with E-state index in [9.17, 15) is 0 Å².